The quantitative estimate of drug-likeness (QED) is 0.802. The van der Waals surface area contributed by atoms with Crippen LogP contribution in [-0.4, -0.2) is 20.5 Å². The second kappa shape index (κ2) is 5.64. The summed E-state index contributed by atoms with van der Waals surface area (Å²) in [6.07, 6.45) is 2.00. The van der Waals surface area contributed by atoms with E-state index in [9.17, 15) is 14.0 Å². The Bertz CT molecular complexity index is 901. The zero-order valence-electron chi connectivity index (χ0n) is 11.5. The van der Waals surface area contributed by atoms with Gasteiger partial charge in [0.1, 0.15) is 16.5 Å². The van der Waals surface area contributed by atoms with E-state index in [2.05, 4.69) is 15.4 Å². The van der Waals surface area contributed by atoms with E-state index in [1.54, 1.807) is 0 Å². The Balaban J connectivity index is 1.93. The fourth-order valence-corrected chi connectivity index (χ4v) is 2.64. The molecule has 0 aliphatic heterocycles. The van der Waals surface area contributed by atoms with Gasteiger partial charge in [0, 0.05) is 5.56 Å². The molecule has 1 N–H and O–H groups in total. The summed E-state index contributed by atoms with van der Waals surface area (Å²) in [6.45, 7) is 1.93. The highest BCUT2D eigenvalue weighted by Crippen LogP contribution is 2.13. The molecule has 0 fully saturated rings. The second-order valence-corrected chi connectivity index (χ2v) is 5.52. The molecule has 0 radical (unpaired) electrons. The fraction of sp³-hybridized carbons (Fsp3) is 0.143. The molecule has 0 unspecified atom stereocenters. The van der Waals surface area contributed by atoms with Crippen LogP contribution in [0.25, 0.3) is 4.96 Å². The largest absolute Gasteiger partial charge is 0.316 e. The number of aryl methyl sites for hydroxylation is 1. The normalized spacial score (nSPS) is 10.8. The lowest BCUT2D eigenvalue weighted by Gasteiger charge is -2.04. The minimum atomic E-state index is -0.509. The molecule has 0 spiro atoms. The van der Waals surface area contributed by atoms with Crippen LogP contribution in [0.2, 0.25) is 0 Å². The van der Waals surface area contributed by atoms with Gasteiger partial charge >= 0.3 is 0 Å². The molecular weight excluding hydrogens is 307 g/mol. The summed E-state index contributed by atoms with van der Waals surface area (Å²) in [5.41, 5.74) is -0.172. The lowest BCUT2D eigenvalue weighted by molar-refractivity contribution is 0.102. The Kier molecular flexibility index (Phi) is 3.68. The predicted molar refractivity (Wildman–Crippen MR) is 80.9 cm³/mol. The molecule has 1 aromatic carbocycles. The highest BCUT2D eigenvalue weighted by atomic mass is 32.1. The van der Waals surface area contributed by atoms with E-state index in [-0.39, 0.29) is 11.3 Å². The molecule has 0 aliphatic carbocycles. The Hall–Kier alpha value is -2.61. The van der Waals surface area contributed by atoms with Gasteiger partial charge in [-0.3, -0.25) is 9.59 Å². The van der Waals surface area contributed by atoms with Gasteiger partial charge in [-0.05, 0) is 30.7 Å². The van der Waals surface area contributed by atoms with Gasteiger partial charge in [0.2, 0.25) is 4.96 Å². The molecule has 0 saturated carbocycles. The molecule has 0 saturated heterocycles. The van der Waals surface area contributed by atoms with E-state index in [4.69, 9.17) is 0 Å². The Morgan fingerprint density at radius 1 is 1.36 bits per heavy atom. The minimum Gasteiger partial charge on any atom is -0.316 e. The number of carbonyl (C=O) groups excluding carboxylic acids is 1. The number of nitrogens with one attached hydrogen (secondary N) is 1. The second-order valence-electron chi connectivity index (χ2n) is 4.48. The van der Waals surface area contributed by atoms with Crippen molar-refractivity contribution in [2.45, 2.75) is 13.3 Å². The maximum Gasteiger partial charge on any atom is 0.298 e. The van der Waals surface area contributed by atoms with Gasteiger partial charge in [0.15, 0.2) is 0 Å². The first-order chi connectivity index (χ1) is 10.6. The van der Waals surface area contributed by atoms with Crippen molar-refractivity contribution in [3.63, 3.8) is 0 Å². The molecule has 22 heavy (non-hydrogen) atoms. The van der Waals surface area contributed by atoms with Gasteiger partial charge in [-0.2, -0.15) is 9.61 Å². The van der Waals surface area contributed by atoms with E-state index >= 15 is 0 Å². The standard InChI is InChI=1S/C14H11FN4O2S/c1-2-11-18-19-13(21)10(7-16-14(19)22-11)17-12(20)8-3-5-9(15)6-4-8/h3-7H,2H2,1H3,(H,17,20). The zero-order chi connectivity index (χ0) is 15.7. The van der Waals surface area contributed by atoms with Gasteiger partial charge < -0.3 is 5.32 Å². The third-order valence-electron chi connectivity index (χ3n) is 2.99. The average Bonchev–Trinajstić information content (AvgIpc) is 2.95. The van der Waals surface area contributed by atoms with Crippen LogP contribution in [0, 0.1) is 5.82 Å². The summed E-state index contributed by atoms with van der Waals surface area (Å²) in [5.74, 6) is -0.945. The van der Waals surface area contributed by atoms with E-state index < -0.39 is 17.3 Å². The number of nitrogens with zero attached hydrogens (tertiary/aromatic N) is 3. The maximum atomic E-state index is 12.8. The number of halogens is 1. The number of anilines is 1. The van der Waals surface area contributed by atoms with Crippen molar-refractivity contribution in [1.82, 2.24) is 14.6 Å². The molecule has 3 aromatic rings. The first-order valence-electron chi connectivity index (χ1n) is 6.53. The number of carbonyl (C=O) groups is 1. The Morgan fingerprint density at radius 3 is 2.77 bits per heavy atom. The number of amides is 1. The fourth-order valence-electron chi connectivity index (χ4n) is 1.85. The first kappa shape index (κ1) is 14.3. The molecule has 0 atom stereocenters. The number of hydrogen-bond acceptors (Lipinski definition) is 5. The van der Waals surface area contributed by atoms with E-state index in [1.165, 1.54) is 46.3 Å². The molecular formula is C14H11FN4O2S. The molecule has 0 aliphatic rings. The summed E-state index contributed by atoms with van der Waals surface area (Å²) in [5, 5.41) is 7.40. The van der Waals surface area contributed by atoms with Gasteiger partial charge in [0.05, 0.1) is 6.20 Å². The van der Waals surface area contributed by atoms with Crippen LogP contribution >= 0.6 is 11.3 Å². The van der Waals surface area contributed by atoms with Crippen LogP contribution in [-0.2, 0) is 6.42 Å². The van der Waals surface area contributed by atoms with Crippen molar-refractivity contribution < 1.29 is 9.18 Å². The van der Waals surface area contributed by atoms with Crippen LogP contribution in [0.4, 0.5) is 10.1 Å². The Morgan fingerprint density at radius 2 is 2.09 bits per heavy atom. The van der Waals surface area contributed by atoms with Crippen molar-refractivity contribution in [3.8, 4) is 0 Å². The molecule has 2 aromatic heterocycles. The summed E-state index contributed by atoms with van der Waals surface area (Å²) in [6, 6.07) is 5.03. The molecule has 112 valence electrons. The van der Waals surface area contributed by atoms with Crippen LogP contribution in [0.3, 0.4) is 0 Å². The van der Waals surface area contributed by atoms with Crippen molar-refractivity contribution >= 4 is 27.9 Å². The average molecular weight is 318 g/mol. The highest BCUT2D eigenvalue weighted by molar-refractivity contribution is 7.16. The van der Waals surface area contributed by atoms with Gasteiger partial charge in [0.25, 0.3) is 11.5 Å². The first-order valence-corrected chi connectivity index (χ1v) is 7.35. The van der Waals surface area contributed by atoms with Gasteiger partial charge in [-0.1, -0.05) is 18.3 Å². The zero-order valence-corrected chi connectivity index (χ0v) is 12.4. The third kappa shape index (κ3) is 2.60. The summed E-state index contributed by atoms with van der Waals surface area (Å²) < 4.78 is 14.0. The SMILES string of the molecule is CCc1nn2c(=O)c(NC(=O)c3ccc(F)cc3)cnc2s1. The lowest BCUT2D eigenvalue weighted by atomic mass is 10.2. The highest BCUT2D eigenvalue weighted by Gasteiger charge is 2.13. The molecule has 8 heteroatoms. The summed E-state index contributed by atoms with van der Waals surface area (Å²) in [7, 11) is 0. The number of aromatic nitrogens is 3. The number of benzene rings is 1. The Labute approximate surface area is 128 Å². The number of rotatable bonds is 3. The van der Waals surface area contributed by atoms with Gasteiger partial charge in [-0.15, -0.1) is 0 Å². The summed E-state index contributed by atoms with van der Waals surface area (Å²) in [4.78, 5) is 28.9. The van der Waals surface area contributed by atoms with Crippen LogP contribution < -0.4 is 10.9 Å². The number of fused-ring (bicyclic) bond motifs is 1. The van der Waals surface area contributed by atoms with Crippen molar-refractivity contribution in [2.24, 2.45) is 0 Å². The smallest absolute Gasteiger partial charge is 0.298 e. The lowest BCUT2D eigenvalue weighted by Crippen LogP contribution is -2.23. The number of hydrogen-bond donors (Lipinski definition) is 1. The molecule has 0 bridgehead atoms. The predicted octanol–water partition coefficient (Wildman–Crippen LogP) is 2.10. The minimum absolute atomic E-state index is 0.0276. The molecule has 1 amide bonds. The van der Waals surface area contributed by atoms with Crippen molar-refractivity contribution in [2.75, 3.05) is 5.32 Å². The monoisotopic (exact) mass is 318 g/mol. The van der Waals surface area contributed by atoms with E-state index in [0.29, 0.717) is 11.4 Å². The van der Waals surface area contributed by atoms with Crippen LogP contribution in [0.1, 0.15) is 22.3 Å². The third-order valence-corrected chi connectivity index (χ3v) is 4.05. The van der Waals surface area contributed by atoms with E-state index in [0.717, 1.165) is 5.01 Å². The molecule has 6 nitrogen and oxygen atoms in total. The van der Waals surface area contributed by atoms with Crippen LogP contribution in [0.15, 0.2) is 35.3 Å². The molecule has 3 rings (SSSR count). The topological polar surface area (TPSA) is 76.4 Å². The van der Waals surface area contributed by atoms with Crippen LogP contribution in [0.5, 0.6) is 0 Å². The maximum absolute atomic E-state index is 12.8. The molecule has 2 heterocycles. The van der Waals surface area contributed by atoms with Crippen molar-refractivity contribution in [3.05, 3.63) is 57.2 Å². The van der Waals surface area contributed by atoms with Crippen molar-refractivity contribution in [1.29, 1.82) is 0 Å². The van der Waals surface area contributed by atoms with E-state index in [1.807, 2.05) is 6.92 Å². The summed E-state index contributed by atoms with van der Waals surface area (Å²) >= 11 is 1.32. The van der Waals surface area contributed by atoms with Gasteiger partial charge in [-0.25, -0.2) is 9.37 Å².